The maximum absolute atomic E-state index is 12.2. The summed E-state index contributed by atoms with van der Waals surface area (Å²) in [4.78, 5) is 26.6. The van der Waals surface area contributed by atoms with Gasteiger partial charge in [0.1, 0.15) is 0 Å². The van der Waals surface area contributed by atoms with E-state index >= 15 is 0 Å². The quantitative estimate of drug-likeness (QED) is 0.803. The minimum Gasteiger partial charge on any atom is -0.369 e. The Hall–Kier alpha value is -1.88. The van der Waals surface area contributed by atoms with Crippen LogP contribution in [0.15, 0.2) is 30.3 Å². The third-order valence-electron chi connectivity index (χ3n) is 3.12. The average molecular weight is 277 g/mol. The number of carbonyl (C=O) groups excluding carboxylic acids is 2. The van der Waals surface area contributed by atoms with Gasteiger partial charge in [0.2, 0.25) is 11.8 Å². The molecular weight excluding hydrogens is 254 g/mol. The molecular formula is C15H23N3O2. The number of nitrogens with zero attached hydrogens (tertiary/aromatic N) is 2. The maximum Gasteiger partial charge on any atom is 0.236 e. The van der Waals surface area contributed by atoms with E-state index in [1.54, 1.807) is 16.8 Å². The number of hydrogen-bond donors (Lipinski definition) is 1. The summed E-state index contributed by atoms with van der Waals surface area (Å²) in [6.45, 7) is 4.73. The van der Waals surface area contributed by atoms with E-state index < -0.39 is 5.91 Å². The molecule has 0 heterocycles. The first-order valence-electron chi connectivity index (χ1n) is 6.70. The van der Waals surface area contributed by atoms with E-state index in [0.717, 1.165) is 5.56 Å². The molecule has 2 N–H and O–H groups in total. The Balaban J connectivity index is 2.57. The summed E-state index contributed by atoms with van der Waals surface area (Å²) >= 11 is 0. The predicted molar refractivity (Wildman–Crippen MR) is 78.8 cm³/mol. The van der Waals surface area contributed by atoms with Gasteiger partial charge in [0, 0.05) is 19.6 Å². The van der Waals surface area contributed by atoms with E-state index in [4.69, 9.17) is 5.73 Å². The minimum absolute atomic E-state index is 0.0243. The largest absolute Gasteiger partial charge is 0.369 e. The summed E-state index contributed by atoms with van der Waals surface area (Å²) < 4.78 is 0. The fourth-order valence-electron chi connectivity index (χ4n) is 1.86. The van der Waals surface area contributed by atoms with Gasteiger partial charge in [0.15, 0.2) is 0 Å². The van der Waals surface area contributed by atoms with Crippen LogP contribution in [0.25, 0.3) is 0 Å². The van der Waals surface area contributed by atoms with Gasteiger partial charge in [-0.1, -0.05) is 30.3 Å². The summed E-state index contributed by atoms with van der Waals surface area (Å²) in [5, 5.41) is 0. The zero-order valence-corrected chi connectivity index (χ0v) is 12.4. The van der Waals surface area contributed by atoms with Gasteiger partial charge in [-0.15, -0.1) is 0 Å². The van der Waals surface area contributed by atoms with Crippen LogP contribution in [0, 0.1) is 0 Å². The van der Waals surface area contributed by atoms with Crippen molar-refractivity contribution in [1.82, 2.24) is 9.80 Å². The Morgan fingerprint density at radius 2 is 1.75 bits per heavy atom. The molecule has 0 saturated carbocycles. The zero-order chi connectivity index (χ0) is 15.1. The summed E-state index contributed by atoms with van der Waals surface area (Å²) in [6, 6.07) is 9.89. The van der Waals surface area contributed by atoms with Gasteiger partial charge in [-0.05, 0) is 19.4 Å². The molecule has 0 radical (unpaired) electrons. The van der Waals surface area contributed by atoms with Crippen molar-refractivity contribution in [3.63, 3.8) is 0 Å². The second-order valence-corrected chi connectivity index (χ2v) is 5.20. The first kappa shape index (κ1) is 16.2. The van der Waals surface area contributed by atoms with Gasteiger partial charge < -0.3 is 10.6 Å². The second-order valence-electron chi connectivity index (χ2n) is 5.20. The Kier molecular flexibility index (Phi) is 6.18. The number of likely N-dealkylation sites (N-methyl/N-ethyl adjacent to an activating group) is 1. The Labute approximate surface area is 120 Å². The van der Waals surface area contributed by atoms with Gasteiger partial charge in [-0.2, -0.15) is 0 Å². The van der Waals surface area contributed by atoms with Crippen molar-refractivity contribution >= 4 is 11.8 Å². The van der Waals surface area contributed by atoms with E-state index in [0.29, 0.717) is 6.54 Å². The van der Waals surface area contributed by atoms with E-state index in [-0.39, 0.29) is 25.0 Å². The van der Waals surface area contributed by atoms with Crippen LogP contribution in [0.3, 0.4) is 0 Å². The third-order valence-corrected chi connectivity index (χ3v) is 3.12. The normalized spacial score (nSPS) is 10.8. The lowest BCUT2D eigenvalue weighted by molar-refractivity contribution is -0.132. The van der Waals surface area contributed by atoms with Crippen molar-refractivity contribution in [1.29, 1.82) is 0 Å². The van der Waals surface area contributed by atoms with Crippen LogP contribution in [-0.4, -0.2) is 47.8 Å². The second kappa shape index (κ2) is 7.65. The molecule has 0 atom stereocenters. The van der Waals surface area contributed by atoms with Crippen molar-refractivity contribution in [3.05, 3.63) is 35.9 Å². The highest BCUT2D eigenvalue weighted by atomic mass is 16.2. The van der Waals surface area contributed by atoms with Crippen molar-refractivity contribution in [2.24, 2.45) is 5.73 Å². The lowest BCUT2D eigenvalue weighted by atomic mass is 10.2. The first-order valence-corrected chi connectivity index (χ1v) is 6.70. The molecule has 1 rings (SSSR count). The molecule has 5 heteroatoms. The number of hydrogen-bond acceptors (Lipinski definition) is 3. The molecule has 0 fully saturated rings. The van der Waals surface area contributed by atoms with Crippen LogP contribution in [-0.2, 0) is 16.1 Å². The van der Waals surface area contributed by atoms with Crippen LogP contribution in [0.5, 0.6) is 0 Å². The zero-order valence-electron chi connectivity index (χ0n) is 12.4. The molecule has 0 bridgehead atoms. The predicted octanol–water partition coefficient (Wildman–Crippen LogP) is 0.841. The number of primary amides is 1. The summed E-state index contributed by atoms with van der Waals surface area (Å²) in [7, 11) is 1.76. The summed E-state index contributed by atoms with van der Waals surface area (Å²) in [5.41, 5.74) is 6.28. The van der Waals surface area contributed by atoms with E-state index in [1.807, 2.05) is 44.2 Å². The highest BCUT2D eigenvalue weighted by Gasteiger charge is 2.18. The smallest absolute Gasteiger partial charge is 0.236 e. The Morgan fingerprint density at radius 1 is 1.15 bits per heavy atom. The topological polar surface area (TPSA) is 66.6 Å². The van der Waals surface area contributed by atoms with Gasteiger partial charge >= 0.3 is 0 Å². The molecule has 0 aliphatic rings. The molecule has 110 valence electrons. The monoisotopic (exact) mass is 277 g/mol. The number of benzene rings is 1. The van der Waals surface area contributed by atoms with Crippen LogP contribution in [0.2, 0.25) is 0 Å². The highest BCUT2D eigenvalue weighted by molar-refractivity contribution is 5.80. The van der Waals surface area contributed by atoms with E-state index in [9.17, 15) is 9.59 Å². The number of amides is 2. The Bertz CT molecular complexity index is 446. The standard InChI is InChI=1S/C15H23N3O2/c1-12(2)18(10-14(16)19)11-15(20)17(3)9-13-7-5-4-6-8-13/h4-8,12H,9-11H2,1-3H3,(H2,16,19). The molecule has 5 nitrogen and oxygen atoms in total. The van der Waals surface area contributed by atoms with Crippen LogP contribution in [0.1, 0.15) is 19.4 Å². The lowest BCUT2D eigenvalue weighted by Gasteiger charge is -2.27. The summed E-state index contributed by atoms with van der Waals surface area (Å²) in [6.07, 6.45) is 0. The number of nitrogens with two attached hydrogens (primary N) is 1. The molecule has 0 aliphatic heterocycles. The van der Waals surface area contributed by atoms with Crippen LogP contribution >= 0.6 is 0 Å². The number of rotatable bonds is 7. The average Bonchev–Trinajstić information content (AvgIpc) is 2.38. The van der Waals surface area contributed by atoms with Gasteiger partial charge in [0.05, 0.1) is 13.1 Å². The SMILES string of the molecule is CC(C)N(CC(N)=O)CC(=O)N(C)Cc1ccccc1. The molecule has 2 amide bonds. The third kappa shape index (κ3) is 5.40. The fourth-order valence-corrected chi connectivity index (χ4v) is 1.86. The van der Waals surface area contributed by atoms with Gasteiger partial charge in [0.25, 0.3) is 0 Å². The van der Waals surface area contributed by atoms with Gasteiger partial charge in [-0.25, -0.2) is 0 Å². The molecule has 0 aromatic heterocycles. The van der Waals surface area contributed by atoms with E-state index in [1.165, 1.54) is 0 Å². The van der Waals surface area contributed by atoms with E-state index in [2.05, 4.69) is 0 Å². The molecule has 0 saturated heterocycles. The minimum atomic E-state index is -0.419. The number of carbonyl (C=O) groups is 2. The summed E-state index contributed by atoms with van der Waals surface area (Å²) in [5.74, 6) is -0.444. The molecule has 0 unspecified atom stereocenters. The van der Waals surface area contributed by atoms with Crippen molar-refractivity contribution < 1.29 is 9.59 Å². The van der Waals surface area contributed by atoms with Crippen molar-refractivity contribution in [3.8, 4) is 0 Å². The molecule has 0 aliphatic carbocycles. The molecule has 1 aromatic rings. The molecule has 0 spiro atoms. The van der Waals surface area contributed by atoms with Crippen LogP contribution in [0.4, 0.5) is 0 Å². The van der Waals surface area contributed by atoms with Gasteiger partial charge in [-0.3, -0.25) is 14.5 Å². The van der Waals surface area contributed by atoms with Crippen molar-refractivity contribution in [2.45, 2.75) is 26.4 Å². The maximum atomic E-state index is 12.2. The first-order chi connectivity index (χ1) is 9.40. The Morgan fingerprint density at radius 3 is 2.25 bits per heavy atom. The van der Waals surface area contributed by atoms with Crippen molar-refractivity contribution in [2.75, 3.05) is 20.1 Å². The highest BCUT2D eigenvalue weighted by Crippen LogP contribution is 2.05. The lowest BCUT2D eigenvalue weighted by Crippen LogP contribution is -2.45. The fraction of sp³-hybridized carbons (Fsp3) is 0.467. The van der Waals surface area contributed by atoms with Crippen LogP contribution < -0.4 is 5.73 Å². The molecule has 20 heavy (non-hydrogen) atoms. The molecule has 1 aromatic carbocycles.